The first-order chi connectivity index (χ1) is 10.2. The average Bonchev–Trinajstić information content (AvgIpc) is 2.50. The summed E-state index contributed by atoms with van der Waals surface area (Å²) in [7, 11) is 0. The van der Waals surface area contributed by atoms with E-state index in [2.05, 4.69) is 34.0 Å². The summed E-state index contributed by atoms with van der Waals surface area (Å²) in [5, 5.41) is 3.17. The highest BCUT2D eigenvalue weighted by atomic mass is 19.1. The van der Waals surface area contributed by atoms with E-state index in [9.17, 15) is 4.39 Å². The standard InChI is InChI=1S/C15H20FN5/c1-3-21(4-2)15-13(17)14(19-10-20-15)18-9-11-5-7-12(16)8-6-11/h5-8,10H,3-4,9,17H2,1-2H3,(H,18,19,20). The molecule has 2 aromatic rings. The van der Waals surface area contributed by atoms with Gasteiger partial charge < -0.3 is 16.0 Å². The van der Waals surface area contributed by atoms with Crippen LogP contribution < -0.4 is 16.0 Å². The third-order valence-electron chi connectivity index (χ3n) is 3.30. The Labute approximate surface area is 124 Å². The van der Waals surface area contributed by atoms with E-state index in [0.717, 1.165) is 24.5 Å². The summed E-state index contributed by atoms with van der Waals surface area (Å²) in [6, 6.07) is 6.32. The molecule has 0 bridgehead atoms. The second-order valence-corrected chi connectivity index (χ2v) is 4.61. The largest absolute Gasteiger partial charge is 0.393 e. The molecule has 5 nitrogen and oxygen atoms in total. The number of benzene rings is 1. The van der Waals surface area contributed by atoms with E-state index in [0.29, 0.717) is 18.1 Å². The third kappa shape index (κ3) is 3.59. The minimum absolute atomic E-state index is 0.246. The minimum Gasteiger partial charge on any atom is -0.393 e. The van der Waals surface area contributed by atoms with Crippen molar-refractivity contribution in [1.82, 2.24) is 9.97 Å². The molecule has 1 aromatic carbocycles. The molecule has 0 aliphatic heterocycles. The summed E-state index contributed by atoms with van der Waals surface area (Å²) in [5.41, 5.74) is 7.62. The lowest BCUT2D eigenvalue weighted by Crippen LogP contribution is -2.24. The maximum absolute atomic E-state index is 12.9. The molecule has 0 radical (unpaired) electrons. The molecule has 2 rings (SSSR count). The fourth-order valence-corrected chi connectivity index (χ4v) is 2.09. The van der Waals surface area contributed by atoms with Crippen molar-refractivity contribution in [3.8, 4) is 0 Å². The van der Waals surface area contributed by atoms with Crippen LogP contribution in [0.2, 0.25) is 0 Å². The van der Waals surface area contributed by atoms with Crippen LogP contribution in [0.1, 0.15) is 19.4 Å². The van der Waals surface area contributed by atoms with Crippen molar-refractivity contribution in [2.45, 2.75) is 20.4 Å². The van der Waals surface area contributed by atoms with Gasteiger partial charge >= 0.3 is 0 Å². The Morgan fingerprint density at radius 2 is 1.81 bits per heavy atom. The fraction of sp³-hybridized carbons (Fsp3) is 0.333. The van der Waals surface area contributed by atoms with Crippen LogP contribution in [-0.4, -0.2) is 23.1 Å². The van der Waals surface area contributed by atoms with Gasteiger partial charge in [0.1, 0.15) is 17.8 Å². The van der Waals surface area contributed by atoms with Gasteiger partial charge in [0.05, 0.1) is 0 Å². The molecule has 6 heteroatoms. The van der Waals surface area contributed by atoms with Crippen molar-refractivity contribution in [1.29, 1.82) is 0 Å². The second-order valence-electron chi connectivity index (χ2n) is 4.61. The van der Waals surface area contributed by atoms with Gasteiger partial charge in [0.25, 0.3) is 0 Å². The highest BCUT2D eigenvalue weighted by molar-refractivity contribution is 5.74. The summed E-state index contributed by atoms with van der Waals surface area (Å²) in [6.45, 7) is 6.29. The van der Waals surface area contributed by atoms with Gasteiger partial charge in [-0.15, -0.1) is 0 Å². The summed E-state index contributed by atoms with van der Waals surface area (Å²) in [4.78, 5) is 10.5. The molecular weight excluding hydrogens is 269 g/mol. The second kappa shape index (κ2) is 6.88. The highest BCUT2D eigenvalue weighted by Crippen LogP contribution is 2.26. The molecule has 0 fully saturated rings. The maximum Gasteiger partial charge on any atom is 0.157 e. The zero-order valence-electron chi connectivity index (χ0n) is 12.3. The van der Waals surface area contributed by atoms with Crippen LogP contribution in [0.4, 0.5) is 21.7 Å². The average molecular weight is 289 g/mol. The van der Waals surface area contributed by atoms with Crippen LogP contribution in [0.25, 0.3) is 0 Å². The molecule has 0 atom stereocenters. The van der Waals surface area contributed by atoms with Crippen molar-refractivity contribution < 1.29 is 4.39 Å². The SMILES string of the molecule is CCN(CC)c1ncnc(NCc2ccc(F)cc2)c1N. The van der Waals surface area contributed by atoms with E-state index in [1.165, 1.54) is 18.5 Å². The number of nitrogens with zero attached hydrogens (tertiary/aromatic N) is 3. The lowest BCUT2D eigenvalue weighted by molar-refractivity contribution is 0.627. The Hall–Kier alpha value is -2.37. The monoisotopic (exact) mass is 289 g/mol. The number of rotatable bonds is 6. The van der Waals surface area contributed by atoms with Crippen molar-refractivity contribution in [3.05, 3.63) is 42.0 Å². The normalized spacial score (nSPS) is 10.4. The molecule has 0 spiro atoms. The van der Waals surface area contributed by atoms with E-state index >= 15 is 0 Å². The quantitative estimate of drug-likeness (QED) is 0.855. The molecule has 112 valence electrons. The van der Waals surface area contributed by atoms with Crippen LogP contribution >= 0.6 is 0 Å². The molecule has 1 heterocycles. The summed E-state index contributed by atoms with van der Waals surface area (Å²) in [5.74, 6) is 1.08. The highest BCUT2D eigenvalue weighted by Gasteiger charge is 2.12. The number of anilines is 3. The molecular formula is C15H20FN5. The van der Waals surface area contributed by atoms with Gasteiger partial charge in [-0.2, -0.15) is 0 Å². The first kappa shape index (κ1) is 15.0. The van der Waals surface area contributed by atoms with Crippen LogP contribution in [-0.2, 0) is 6.54 Å². The number of hydrogen-bond acceptors (Lipinski definition) is 5. The number of aromatic nitrogens is 2. The van der Waals surface area contributed by atoms with Gasteiger partial charge in [0.15, 0.2) is 11.6 Å². The van der Waals surface area contributed by atoms with Crippen LogP contribution in [0, 0.1) is 5.82 Å². The van der Waals surface area contributed by atoms with Gasteiger partial charge in [-0.05, 0) is 31.5 Å². The van der Waals surface area contributed by atoms with E-state index in [-0.39, 0.29) is 5.82 Å². The molecule has 0 amide bonds. The Kier molecular flexibility index (Phi) is 4.92. The molecule has 0 aliphatic rings. The van der Waals surface area contributed by atoms with Gasteiger partial charge in [0, 0.05) is 19.6 Å². The number of halogens is 1. The predicted molar refractivity (Wildman–Crippen MR) is 83.7 cm³/mol. The fourth-order valence-electron chi connectivity index (χ4n) is 2.09. The van der Waals surface area contributed by atoms with E-state index in [1.54, 1.807) is 12.1 Å². The minimum atomic E-state index is -0.246. The summed E-state index contributed by atoms with van der Waals surface area (Å²) in [6.07, 6.45) is 1.50. The number of hydrogen-bond donors (Lipinski definition) is 2. The molecule has 0 aliphatic carbocycles. The van der Waals surface area contributed by atoms with Gasteiger partial charge in [-0.3, -0.25) is 0 Å². The Bertz CT molecular complexity index is 581. The number of nitrogen functional groups attached to an aromatic ring is 1. The molecule has 3 N–H and O–H groups in total. The van der Waals surface area contributed by atoms with Crippen molar-refractivity contribution in [2.75, 3.05) is 29.0 Å². The van der Waals surface area contributed by atoms with E-state index in [1.807, 2.05) is 0 Å². The van der Waals surface area contributed by atoms with Gasteiger partial charge in [-0.1, -0.05) is 12.1 Å². The first-order valence-corrected chi connectivity index (χ1v) is 6.99. The molecule has 0 saturated carbocycles. The van der Waals surface area contributed by atoms with Crippen LogP contribution in [0.5, 0.6) is 0 Å². The Morgan fingerprint density at radius 3 is 2.43 bits per heavy atom. The van der Waals surface area contributed by atoms with Gasteiger partial charge in [-0.25, -0.2) is 14.4 Å². The Morgan fingerprint density at radius 1 is 1.14 bits per heavy atom. The summed E-state index contributed by atoms with van der Waals surface area (Å²) < 4.78 is 12.9. The predicted octanol–water partition coefficient (Wildman–Crippen LogP) is 2.66. The third-order valence-corrected chi connectivity index (χ3v) is 3.30. The van der Waals surface area contributed by atoms with Crippen LogP contribution in [0.3, 0.4) is 0 Å². The van der Waals surface area contributed by atoms with E-state index in [4.69, 9.17) is 5.73 Å². The summed E-state index contributed by atoms with van der Waals surface area (Å²) >= 11 is 0. The smallest absolute Gasteiger partial charge is 0.157 e. The van der Waals surface area contributed by atoms with Crippen LogP contribution in [0.15, 0.2) is 30.6 Å². The molecule has 0 unspecified atom stereocenters. The zero-order valence-corrected chi connectivity index (χ0v) is 12.3. The lowest BCUT2D eigenvalue weighted by Gasteiger charge is -2.22. The molecule has 21 heavy (non-hydrogen) atoms. The van der Waals surface area contributed by atoms with Crippen molar-refractivity contribution >= 4 is 17.3 Å². The maximum atomic E-state index is 12.9. The molecule has 1 aromatic heterocycles. The number of nitrogens with two attached hydrogens (primary N) is 1. The number of nitrogens with one attached hydrogen (secondary N) is 1. The lowest BCUT2D eigenvalue weighted by atomic mass is 10.2. The van der Waals surface area contributed by atoms with Gasteiger partial charge in [0.2, 0.25) is 0 Å². The Balaban J connectivity index is 2.13. The van der Waals surface area contributed by atoms with E-state index < -0.39 is 0 Å². The van der Waals surface area contributed by atoms with Crippen molar-refractivity contribution in [3.63, 3.8) is 0 Å². The molecule has 0 saturated heterocycles. The zero-order chi connectivity index (χ0) is 15.2. The topological polar surface area (TPSA) is 67.1 Å². The van der Waals surface area contributed by atoms with Crippen molar-refractivity contribution in [2.24, 2.45) is 0 Å². The first-order valence-electron chi connectivity index (χ1n) is 6.99.